The van der Waals surface area contributed by atoms with Crippen LogP contribution in [0.15, 0.2) is 48.0 Å². The van der Waals surface area contributed by atoms with E-state index < -0.39 is 22.3 Å². The lowest BCUT2D eigenvalue weighted by molar-refractivity contribution is -0.386. The van der Waals surface area contributed by atoms with Crippen LogP contribution in [0.1, 0.15) is 26.3 Å². The molecule has 0 radical (unpaired) electrons. The van der Waals surface area contributed by atoms with Crippen LogP contribution in [0, 0.1) is 10.1 Å². The van der Waals surface area contributed by atoms with Crippen molar-refractivity contribution in [3.8, 4) is 11.5 Å². The predicted molar refractivity (Wildman–Crippen MR) is 110 cm³/mol. The summed E-state index contributed by atoms with van der Waals surface area (Å²) in [5, 5.41) is 12.7. The minimum Gasteiger partial charge on any atom is -0.493 e. The predicted octanol–water partition coefficient (Wildman–Crippen LogP) is 3.24. The summed E-state index contributed by atoms with van der Waals surface area (Å²) in [7, 11) is 1.36. The number of hydrazine groups is 1. The van der Waals surface area contributed by atoms with E-state index in [0.717, 1.165) is 5.01 Å². The minimum atomic E-state index is -0.699. The number of ether oxygens (including phenoxy) is 2. The van der Waals surface area contributed by atoms with Gasteiger partial charge in [-0.05, 0) is 50.6 Å². The molecular formula is C21H21N3O6. The molecule has 0 atom stereocenters. The van der Waals surface area contributed by atoms with Crippen LogP contribution in [-0.4, -0.2) is 29.4 Å². The molecule has 1 fully saturated rings. The monoisotopic (exact) mass is 411 g/mol. The van der Waals surface area contributed by atoms with Gasteiger partial charge in [0.25, 0.3) is 11.8 Å². The third kappa shape index (κ3) is 4.24. The second-order valence-electron chi connectivity index (χ2n) is 7.52. The highest BCUT2D eigenvalue weighted by atomic mass is 16.6. The molecule has 0 aliphatic carbocycles. The largest absolute Gasteiger partial charge is 0.493 e. The quantitative estimate of drug-likeness (QED) is 0.350. The number of amides is 2. The Morgan fingerprint density at radius 3 is 2.37 bits per heavy atom. The first-order valence-corrected chi connectivity index (χ1v) is 9.08. The van der Waals surface area contributed by atoms with Gasteiger partial charge in [0.15, 0.2) is 5.75 Å². The Morgan fingerprint density at radius 2 is 1.80 bits per heavy atom. The summed E-state index contributed by atoms with van der Waals surface area (Å²) in [6.45, 7) is 5.27. The Morgan fingerprint density at radius 1 is 1.13 bits per heavy atom. The average molecular weight is 411 g/mol. The number of rotatable bonds is 5. The van der Waals surface area contributed by atoms with E-state index in [1.165, 1.54) is 25.3 Å². The molecule has 1 heterocycles. The van der Waals surface area contributed by atoms with E-state index in [1.54, 1.807) is 51.1 Å². The highest BCUT2D eigenvalue weighted by Gasteiger charge is 2.35. The van der Waals surface area contributed by atoms with Crippen molar-refractivity contribution in [3.63, 3.8) is 0 Å². The van der Waals surface area contributed by atoms with Gasteiger partial charge in [-0.3, -0.25) is 25.1 Å². The maximum atomic E-state index is 12.7. The number of carbonyl (C=O) groups is 2. The number of benzene rings is 2. The lowest BCUT2D eigenvalue weighted by Gasteiger charge is -2.22. The summed E-state index contributed by atoms with van der Waals surface area (Å²) in [5.41, 5.74) is 2.06. The Hall–Kier alpha value is -3.88. The van der Waals surface area contributed by atoms with Crippen molar-refractivity contribution in [2.45, 2.75) is 26.4 Å². The van der Waals surface area contributed by atoms with E-state index in [0.29, 0.717) is 5.69 Å². The van der Waals surface area contributed by atoms with E-state index >= 15 is 0 Å². The van der Waals surface area contributed by atoms with E-state index in [9.17, 15) is 19.7 Å². The summed E-state index contributed by atoms with van der Waals surface area (Å²) >= 11 is 0. The van der Waals surface area contributed by atoms with Crippen LogP contribution < -0.4 is 19.9 Å². The summed E-state index contributed by atoms with van der Waals surface area (Å²) in [5.74, 6) is -1.08. The first-order valence-electron chi connectivity index (χ1n) is 9.08. The second-order valence-corrected chi connectivity index (χ2v) is 7.52. The minimum absolute atomic E-state index is 0.0229. The van der Waals surface area contributed by atoms with Crippen LogP contribution in [0.25, 0.3) is 6.08 Å². The van der Waals surface area contributed by atoms with Gasteiger partial charge in [0.1, 0.15) is 11.2 Å². The Balaban J connectivity index is 2.04. The third-order valence-corrected chi connectivity index (χ3v) is 4.10. The fraction of sp³-hybridized carbons (Fsp3) is 0.238. The van der Waals surface area contributed by atoms with Crippen molar-refractivity contribution in [2.24, 2.45) is 0 Å². The average Bonchev–Trinajstić information content (AvgIpc) is 2.96. The number of methoxy groups -OCH3 is 1. The van der Waals surface area contributed by atoms with Gasteiger partial charge in [0.2, 0.25) is 5.75 Å². The molecule has 2 aromatic rings. The fourth-order valence-electron chi connectivity index (χ4n) is 2.87. The van der Waals surface area contributed by atoms with Gasteiger partial charge >= 0.3 is 5.69 Å². The van der Waals surface area contributed by atoms with Crippen LogP contribution in [0.5, 0.6) is 11.5 Å². The Kier molecular flexibility index (Phi) is 5.46. The molecule has 2 aromatic carbocycles. The molecule has 0 saturated carbocycles. The highest BCUT2D eigenvalue weighted by molar-refractivity contribution is 6.31. The lowest BCUT2D eigenvalue weighted by atomic mass is 10.1. The zero-order valence-electron chi connectivity index (χ0n) is 17.0. The van der Waals surface area contributed by atoms with Crippen LogP contribution >= 0.6 is 0 Å². The molecule has 9 heteroatoms. The highest BCUT2D eigenvalue weighted by Crippen LogP contribution is 2.41. The van der Waals surface area contributed by atoms with Crippen molar-refractivity contribution in [2.75, 3.05) is 12.1 Å². The van der Waals surface area contributed by atoms with Crippen LogP contribution in [0.3, 0.4) is 0 Å². The third-order valence-electron chi connectivity index (χ3n) is 4.10. The number of carbonyl (C=O) groups excluding carboxylic acids is 2. The number of nitrogens with zero attached hydrogens (tertiary/aromatic N) is 2. The smallest absolute Gasteiger partial charge is 0.315 e. The van der Waals surface area contributed by atoms with E-state index in [1.807, 2.05) is 0 Å². The second kappa shape index (κ2) is 7.86. The molecule has 0 bridgehead atoms. The lowest BCUT2D eigenvalue weighted by Crippen LogP contribution is -2.35. The molecule has 2 amide bonds. The molecule has 1 aliphatic rings. The molecule has 9 nitrogen and oxygen atoms in total. The molecule has 156 valence electrons. The number of nitro benzene ring substituents is 1. The molecule has 3 rings (SSSR count). The molecule has 0 unspecified atom stereocenters. The standard InChI is InChI=1S/C21H21N3O6/c1-21(2,3)30-18-16(24(27)28)11-13(12-17(18)29-4)10-15-19(25)22-23(20(15)26)14-8-6-5-7-9-14/h5-12H,1-4H3,(H,22,25)/b15-10-. The number of hydrogen-bond donors (Lipinski definition) is 1. The van der Waals surface area contributed by atoms with Crippen LogP contribution in [0.4, 0.5) is 11.4 Å². The molecule has 0 spiro atoms. The normalized spacial score (nSPS) is 15.3. The molecule has 1 saturated heterocycles. The Bertz CT molecular complexity index is 1040. The summed E-state index contributed by atoms with van der Waals surface area (Å²) < 4.78 is 11.0. The van der Waals surface area contributed by atoms with Crippen molar-refractivity contribution in [1.29, 1.82) is 0 Å². The number of hydrogen-bond acceptors (Lipinski definition) is 6. The summed E-state index contributed by atoms with van der Waals surface area (Å²) in [6.07, 6.45) is 1.29. The van der Waals surface area contributed by atoms with Gasteiger partial charge in [-0.15, -0.1) is 0 Å². The van der Waals surface area contributed by atoms with Gasteiger partial charge < -0.3 is 9.47 Å². The van der Waals surface area contributed by atoms with Crippen molar-refractivity contribution in [3.05, 3.63) is 63.7 Å². The first kappa shape index (κ1) is 20.8. The Labute approximate surface area is 173 Å². The van der Waals surface area contributed by atoms with Gasteiger partial charge in [0.05, 0.1) is 17.7 Å². The van der Waals surface area contributed by atoms with E-state index in [-0.39, 0.29) is 28.3 Å². The first-order chi connectivity index (χ1) is 14.1. The zero-order chi connectivity index (χ0) is 22.1. The zero-order valence-corrected chi connectivity index (χ0v) is 17.0. The summed E-state index contributed by atoms with van der Waals surface area (Å²) in [4.78, 5) is 36.1. The number of para-hydroxylation sites is 1. The maximum Gasteiger partial charge on any atom is 0.315 e. The van der Waals surface area contributed by atoms with E-state index in [4.69, 9.17) is 9.47 Å². The maximum absolute atomic E-state index is 12.7. The van der Waals surface area contributed by atoms with Crippen molar-refractivity contribution < 1.29 is 24.0 Å². The topological polar surface area (TPSA) is 111 Å². The molecule has 0 aromatic heterocycles. The summed E-state index contributed by atoms with van der Waals surface area (Å²) in [6, 6.07) is 11.3. The SMILES string of the molecule is COc1cc(/C=C2/C(=O)NN(c3ccccc3)C2=O)cc([N+](=O)[O-])c1OC(C)(C)C. The van der Waals surface area contributed by atoms with Crippen molar-refractivity contribution in [1.82, 2.24) is 5.43 Å². The molecule has 30 heavy (non-hydrogen) atoms. The number of nitro groups is 1. The van der Waals surface area contributed by atoms with Gasteiger partial charge in [0, 0.05) is 6.07 Å². The van der Waals surface area contributed by atoms with Gasteiger partial charge in [-0.1, -0.05) is 18.2 Å². The van der Waals surface area contributed by atoms with Crippen LogP contribution in [0.2, 0.25) is 0 Å². The van der Waals surface area contributed by atoms with Gasteiger partial charge in [-0.2, -0.15) is 0 Å². The van der Waals surface area contributed by atoms with Crippen LogP contribution in [-0.2, 0) is 9.59 Å². The molecular weight excluding hydrogens is 390 g/mol. The van der Waals surface area contributed by atoms with Crippen molar-refractivity contribution >= 4 is 29.3 Å². The number of anilines is 1. The molecule has 1 aliphatic heterocycles. The fourth-order valence-corrected chi connectivity index (χ4v) is 2.87. The number of nitrogens with one attached hydrogen (secondary N) is 1. The van der Waals surface area contributed by atoms with Gasteiger partial charge in [-0.25, -0.2) is 5.01 Å². The van der Waals surface area contributed by atoms with E-state index in [2.05, 4.69) is 5.43 Å². The molecule has 1 N–H and O–H groups in total.